The Hall–Kier alpha value is -0.860. The second-order valence-electron chi connectivity index (χ2n) is 2.71. The molecule has 0 bridgehead atoms. The summed E-state index contributed by atoms with van der Waals surface area (Å²) in [5.41, 5.74) is 0. The second-order valence-corrected chi connectivity index (χ2v) is 2.71. The molecule has 0 aromatic heterocycles. The van der Waals surface area contributed by atoms with Gasteiger partial charge in [0.25, 0.3) is 0 Å². The molecule has 0 fully saturated rings. The summed E-state index contributed by atoms with van der Waals surface area (Å²) in [6.07, 6.45) is 2.60. The van der Waals surface area contributed by atoms with Gasteiger partial charge in [0.15, 0.2) is 0 Å². The molecule has 0 aliphatic heterocycles. The van der Waals surface area contributed by atoms with Gasteiger partial charge in [-0.05, 0) is 6.42 Å². The number of Topliss-reactive ketones (excluding diaryl/α,β-unsaturated/α-hetero) is 1. The predicted octanol–water partition coefficient (Wildman–Crippen LogP) is 1.47. The number of carbonyl (C=O) groups is 2. The fraction of sp³-hybridized carbons (Fsp3) is 0.750. The van der Waals surface area contributed by atoms with Crippen LogP contribution >= 0.6 is 0 Å². The lowest BCUT2D eigenvalue weighted by Gasteiger charge is -2.04. The van der Waals surface area contributed by atoms with E-state index in [4.69, 9.17) is 5.11 Å². The highest BCUT2D eigenvalue weighted by Gasteiger charge is 2.18. The third-order valence-corrected chi connectivity index (χ3v) is 1.65. The average Bonchev–Trinajstić information content (AvgIpc) is 1.98. The number of carbonyl (C=O) groups excluding carboxylic acids is 1. The molecule has 3 nitrogen and oxygen atoms in total. The Balaban J connectivity index is 3.73. The molecule has 0 saturated heterocycles. The smallest absolute Gasteiger partial charge is 0.372 e. The SMILES string of the molecule is CCCC[C@H](C)C(=O)C(=O)O. The van der Waals surface area contributed by atoms with Gasteiger partial charge in [0, 0.05) is 5.92 Å². The molecule has 0 aromatic carbocycles. The van der Waals surface area contributed by atoms with Crippen molar-refractivity contribution in [2.75, 3.05) is 0 Å². The molecule has 0 unspecified atom stereocenters. The fourth-order valence-electron chi connectivity index (χ4n) is 0.852. The van der Waals surface area contributed by atoms with Crippen LogP contribution in [0.1, 0.15) is 33.1 Å². The van der Waals surface area contributed by atoms with Crippen molar-refractivity contribution in [1.29, 1.82) is 0 Å². The number of hydrogen-bond acceptors (Lipinski definition) is 2. The molecular formula is C8H14O3. The summed E-state index contributed by atoms with van der Waals surface area (Å²) >= 11 is 0. The molecule has 0 aliphatic rings. The van der Waals surface area contributed by atoms with Crippen molar-refractivity contribution >= 4 is 11.8 Å². The van der Waals surface area contributed by atoms with E-state index in [1.165, 1.54) is 0 Å². The normalized spacial score (nSPS) is 12.5. The minimum Gasteiger partial charge on any atom is -0.475 e. The minimum absolute atomic E-state index is 0.326. The molecule has 0 aliphatic carbocycles. The Morgan fingerprint density at radius 2 is 2.00 bits per heavy atom. The number of carboxylic acids is 1. The number of aliphatic carboxylic acids is 1. The maximum absolute atomic E-state index is 10.7. The van der Waals surface area contributed by atoms with Crippen LogP contribution in [0, 0.1) is 5.92 Å². The Bertz CT molecular complexity index is 151. The molecule has 0 rings (SSSR count). The van der Waals surface area contributed by atoms with E-state index in [-0.39, 0.29) is 5.92 Å². The monoisotopic (exact) mass is 158 g/mol. The number of unbranched alkanes of at least 4 members (excludes halogenated alkanes) is 1. The zero-order valence-electron chi connectivity index (χ0n) is 6.96. The predicted molar refractivity (Wildman–Crippen MR) is 41.3 cm³/mol. The van der Waals surface area contributed by atoms with Gasteiger partial charge in [-0.1, -0.05) is 26.7 Å². The van der Waals surface area contributed by atoms with Crippen LogP contribution in [0.15, 0.2) is 0 Å². The first-order valence-electron chi connectivity index (χ1n) is 3.86. The molecule has 0 saturated carbocycles. The summed E-state index contributed by atoms with van der Waals surface area (Å²) in [6.45, 7) is 3.67. The van der Waals surface area contributed by atoms with Crippen LogP contribution in [-0.4, -0.2) is 16.9 Å². The lowest BCUT2D eigenvalue weighted by molar-refractivity contribution is -0.150. The third-order valence-electron chi connectivity index (χ3n) is 1.65. The first-order chi connectivity index (χ1) is 5.09. The van der Waals surface area contributed by atoms with Gasteiger partial charge in [0.2, 0.25) is 5.78 Å². The van der Waals surface area contributed by atoms with Crippen LogP contribution < -0.4 is 0 Å². The highest BCUT2D eigenvalue weighted by Crippen LogP contribution is 2.08. The van der Waals surface area contributed by atoms with Crippen LogP contribution in [-0.2, 0) is 9.59 Å². The van der Waals surface area contributed by atoms with Crippen LogP contribution in [0.3, 0.4) is 0 Å². The first-order valence-corrected chi connectivity index (χ1v) is 3.86. The van der Waals surface area contributed by atoms with Gasteiger partial charge < -0.3 is 5.11 Å². The zero-order chi connectivity index (χ0) is 8.85. The summed E-state index contributed by atoms with van der Waals surface area (Å²) < 4.78 is 0. The van der Waals surface area contributed by atoms with E-state index in [9.17, 15) is 9.59 Å². The van der Waals surface area contributed by atoms with Crippen molar-refractivity contribution < 1.29 is 14.7 Å². The summed E-state index contributed by atoms with van der Waals surface area (Å²) in [5.74, 6) is -2.31. The van der Waals surface area contributed by atoms with Gasteiger partial charge in [-0.2, -0.15) is 0 Å². The summed E-state index contributed by atoms with van der Waals surface area (Å²) in [7, 11) is 0. The van der Waals surface area contributed by atoms with Gasteiger partial charge in [-0.15, -0.1) is 0 Å². The molecular weight excluding hydrogens is 144 g/mol. The van der Waals surface area contributed by atoms with E-state index >= 15 is 0 Å². The number of ketones is 1. The molecule has 0 heterocycles. The Labute approximate surface area is 66.4 Å². The molecule has 64 valence electrons. The number of rotatable bonds is 5. The lowest BCUT2D eigenvalue weighted by atomic mass is 10.00. The van der Waals surface area contributed by atoms with Crippen molar-refractivity contribution in [2.45, 2.75) is 33.1 Å². The number of hydrogen-bond donors (Lipinski definition) is 1. The van der Waals surface area contributed by atoms with Crippen molar-refractivity contribution in [3.8, 4) is 0 Å². The fourth-order valence-corrected chi connectivity index (χ4v) is 0.852. The minimum atomic E-state index is -1.31. The van der Waals surface area contributed by atoms with Crippen LogP contribution in [0.5, 0.6) is 0 Å². The molecule has 0 spiro atoms. The van der Waals surface area contributed by atoms with E-state index in [2.05, 4.69) is 0 Å². The van der Waals surface area contributed by atoms with Crippen LogP contribution in [0.25, 0.3) is 0 Å². The number of carboxylic acid groups (broad SMARTS) is 1. The Morgan fingerprint density at radius 3 is 2.36 bits per heavy atom. The maximum atomic E-state index is 10.7. The first kappa shape index (κ1) is 10.1. The highest BCUT2D eigenvalue weighted by molar-refractivity contribution is 6.33. The molecule has 3 heteroatoms. The van der Waals surface area contributed by atoms with Crippen LogP contribution in [0.4, 0.5) is 0 Å². The summed E-state index contributed by atoms with van der Waals surface area (Å²) in [4.78, 5) is 20.9. The van der Waals surface area contributed by atoms with Gasteiger partial charge in [0.05, 0.1) is 0 Å². The van der Waals surface area contributed by atoms with Gasteiger partial charge in [-0.3, -0.25) is 4.79 Å². The zero-order valence-corrected chi connectivity index (χ0v) is 6.96. The quantitative estimate of drug-likeness (QED) is 0.616. The van der Waals surface area contributed by atoms with Gasteiger partial charge in [-0.25, -0.2) is 4.79 Å². The van der Waals surface area contributed by atoms with Crippen molar-refractivity contribution in [2.24, 2.45) is 5.92 Å². The highest BCUT2D eigenvalue weighted by atomic mass is 16.4. The molecule has 11 heavy (non-hydrogen) atoms. The molecule has 1 atom stereocenters. The Kier molecular flexibility index (Phi) is 4.50. The standard InChI is InChI=1S/C8H14O3/c1-3-4-5-6(2)7(9)8(10)11/h6H,3-5H2,1-2H3,(H,10,11)/t6-/m0/s1. The largest absolute Gasteiger partial charge is 0.475 e. The van der Waals surface area contributed by atoms with E-state index in [1.807, 2.05) is 6.92 Å². The van der Waals surface area contributed by atoms with Crippen molar-refractivity contribution in [1.82, 2.24) is 0 Å². The molecule has 0 radical (unpaired) electrons. The maximum Gasteiger partial charge on any atom is 0.372 e. The van der Waals surface area contributed by atoms with Crippen molar-refractivity contribution in [3.05, 3.63) is 0 Å². The van der Waals surface area contributed by atoms with Gasteiger partial charge >= 0.3 is 5.97 Å². The molecule has 1 N–H and O–H groups in total. The van der Waals surface area contributed by atoms with E-state index in [0.29, 0.717) is 6.42 Å². The molecule has 0 aromatic rings. The average molecular weight is 158 g/mol. The van der Waals surface area contributed by atoms with Crippen molar-refractivity contribution in [3.63, 3.8) is 0 Å². The van der Waals surface area contributed by atoms with Crippen LogP contribution in [0.2, 0.25) is 0 Å². The Morgan fingerprint density at radius 1 is 1.45 bits per heavy atom. The van der Waals surface area contributed by atoms with E-state index in [0.717, 1.165) is 12.8 Å². The summed E-state index contributed by atoms with van der Waals surface area (Å²) in [6, 6.07) is 0. The lowest BCUT2D eigenvalue weighted by Crippen LogP contribution is -2.20. The molecule has 0 amide bonds. The third kappa shape index (κ3) is 3.75. The summed E-state index contributed by atoms with van der Waals surface area (Å²) in [5, 5.41) is 8.30. The van der Waals surface area contributed by atoms with E-state index < -0.39 is 11.8 Å². The van der Waals surface area contributed by atoms with Gasteiger partial charge in [0.1, 0.15) is 0 Å². The second kappa shape index (κ2) is 4.88. The topological polar surface area (TPSA) is 54.4 Å². The van der Waals surface area contributed by atoms with E-state index in [1.54, 1.807) is 6.92 Å².